The molecular weight excluding hydrogens is 632 g/mol. The fourth-order valence-corrected chi connectivity index (χ4v) is 6.46. The van der Waals surface area contributed by atoms with E-state index in [4.69, 9.17) is 4.74 Å². The smallest absolute Gasteiger partial charge is 0.326 e. The summed E-state index contributed by atoms with van der Waals surface area (Å²) in [6.07, 6.45) is 3.61. The number of hydrogen-bond donors (Lipinski definition) is 2. The second-order valence-corrected chi connectivity index (χ2v) is 15.0. The maximum atomic E-state index is 13.5. The van der Waals surface area contributed by atoms with Crippen molar-refractivity contribution in [2.45, 2.75) is 30.3 Å². The summed E-state index contributed by atoms with van der Waals surface area (Å²) >= 11 is 0. The van der Waals surface area contributed by atoms with Crippen LogP contribution in [0.4, 0.5) is 26.2 Å². The summed E-state index contributed by atoms with van der Waals surface area (Å²) in [5.74, 6) is 0.820. The summed E-state index contributed by atoms with van der Waals surface area (Å²) in [5.41, 5.74) is 2.58. The van der Waals surface area contributed by atoms with Gasteiger partial charge in [-0.25, -0.2) is 26.0 Å². The Morgan fingerprint density at radius 1 is 0.804 bits per heavy atom. The van der Waals surface area contributed by atoms with Gasteiger partial charge in [0.25, 0.3) is 0 Å². The van der Waals surface area contributed by atoms with Crippen LogP contribution in [-0.4, -0.2) is 59.4 Å². The monoisotopic (exact) mass is 666 g/mol. The molecule has 0 spiro atoms. The second kappa shape index (κ2) is 13.9. The standard InChI is InChI=1S/C33H35FN4O6S2/c1-45(40,41)32-17-11-28(12-18-32)38(33(39)35-26-7-5-25(34)6-8-26)29-19-21-37(22-20-29)23-24-3-13-30(14-4-24)44-31-15-9-27(10-16-31)36-46(2,42)43/h3-18,29,36H,19-23H2,1-2H3,(H,35,39). The Bertz CT molecular complexity index is 1860. The fourth-order valence-electron chi connectivity index (χ4n) is 5.26. The van der Waals surface area contributed by atoms with Crippen molar-refractivity contribution in [2.24, 2.45) is 0 Å². The molecule has 2 N–H and O–H groups in total. The molecule has 4 aromatic carbocycles. The number of halogens is 1. The summed E-state index contributed by atoms with van der Waals surface area (Å²) in [6, 6.07) is 25.7. The molecule has 0 aliphatic carbocycles. The summed E-state index contributed by atoms with van der Waals surface area (Å²) < 4.78 is 68.5. The molecule has 46 heavy (non-hydrogen) atoms. The molecule has 0 unspecified atom stereocenters. The van der Waals surface area contributed by atoms with Gasteiger partial charge in [0.1, 0.15) is 17.3 Å². The van der Waals surface area contributed by atoms with Crippen molar-refractivity contribution < 1.29 is 30.8 Å². The number of nitrogens with one attached hydrogen (secondary N) is 2. The first-order valence-electron chi connectivity index (χ1n) is 14.6. The summed E-state index contributed by atoms with van der Waals surface area (Å²) in [5, 5.41) is 2.84. The van der Waals surface area contributed by atoms with Crippen molar-refractivity contribution in [3.8, 4) is 11.5 Å². The minimum absolute atomic E-state index is 0.143. The third kappa shape index (κ3) is 9.05. The zero-order valence-corrected chi connectivity index (χ0v) is 27.0. The van der Waals surface area contributed by atoms with Gasteiger partial charge in [-0.1, -0.05) is 12.1 Å². The number of carbonyl (C=O) groups excluding carboxylic acids is 1. The normalized spacial score (nSPS) is 14.4. The third-order valence-electron chi connectivity index (χ3n) is 7.50. The Morgan fingerprint density at radius 3 is 1.89 bits per heavy atom. The number of sulfonamides is 1. The van der Waals surface area contributed by atoms with Crippen molar-refractivity contribution >= 4 is 43.0 Å². The number of sulfone groups is 1. The van der Waals surface area contributed by atoms with Crippen LogP contribution in [0.1, 0.15) is 18.4 Å². The highest BCUT2D eigenvalue weighted by molar-refractivity contribution is 7.92. The van der Waals surface area contributed by atoms with Crippen LogP contribution in [0.25, 0.3) is 0 Å². The van der Waals surface area contributed by atoms with E-state index in [9.17, 15) is 26.0 Å². The number of nitrogens with zero attached hydrogens (tertiary/aromatic N) is 2. The molecule has 2 amide bonds. The van der Waals surface area contributed by atoms with Gasteiger partial charge in [0.2, 0.25) is 10.0 Å². The number of likely N-dealkylation sites (tertiary alicyclic amines) is 1. The molecule has 0 aromatic heterocycles. The highest BCUT2D eigenvalue weighted by Crippen LogP contribution is 2.28. The number of ether oxygens (including phenoxy) is 1. The summed E-state index contributed by atoms with van der Waals surface area (Å²) in [4.78, 5) is 17.7. The number of carbonyl (C=O) groups is 1. The topological polar surface area (TPSA) is 125 Å². The Hall–Kier alpha value is -4.46. The van der Waals surface area contributed by atoms with Gasteiger partial charge in [0.15, 0.2) is 9.84 Å². The number of urea groups is 1. The van der Waals surface area contributed by atoms with Crippen molar-refractivity contribution in [3.05, 3.63) is 108 Å². The first-order chi connectivity index (χ1) is 21.8. The minimum Gasteiger partial charge on any atom is -0.457 e. The van der Waals surface area contributed by atoms with E-state index < -0.39 is 25.7 Å². The van der Waals surface area contributed by atoms with Crippen molar-refractivity contribution in [1.29, 1.82) is 0 Å². The lowest BCUT2D eigenvalue weighted by Crippen LogP contribution is -2.49. The van der Waals surface area contributed by atoms with E-state index in [-0.39, 0.29) is 17.0 Å². The minimum atomic E-state index is -3.40. The molecule has 4 aromatic rings. The van der Waals surface area contributed by atoms with E-state index in [1.807, 2.05) is 24.3 Å². The summed E-state index contributed by atoms with van der Waals surface area (Å²) in [7, 11) is -6.75. The van der Waals surface area contributed by atoms with E-state index in [0.717, 1.165) is 31.2 Å². The number of anilines is 3. The molecule has 242 valence electrons. The molecule has 0 atom stereocenters. The van der Waals surface area contributed by atoms with Gasteiger partial charge < -0.3 is 10.1 Å². The van der Waals surface area contributed by atoms with Crippen LogP contribution >= 0.6 is 0 Å². The van der Waals surface area contributed by atoms with Crippen LogP contribution in [0.15, 0.2) is 102 Å². The Labute approximate surface area is 268 Å². The average Bonchev–Trinajstić information content (AvgIpc) is 3.00. The predicted molar refractivity (Wildman–Crippen MR) is 177 cm³/mol. The molecule has 5 rings (SSSR count). The number of amides is 2. The lowest BCUT2D eigenvalue weighted by atomic mass is 10.0. The first-order valence-corrected chi connectivity index (χ1v) is 18.3. The zero-order valence-electron chi connectivity index (χ0n) is 25.4. The van der Waals surface area contributed by atoms with Gasteiger partial charge in [0, 0.05) is 49.0 Å². The van der Waals surface area contributed by atoms with E-state index in [2.05, 4.69) is 14.9 Å². The van der Waals surface area contributed by atoms with E-state index >= 15 is 0 Å². The van der Waals surface area contributed by atoms with E-state index in [1.165, 1.54) is 36.4 Å². The van der Waals surface area contributed by atoms with Gasteiger partial charge in [-0.3, -0.25) is 14.5 Å². The van der Waals surface area contributed by atoms with E-state index in [1.54, 1.807) is 41.3 Å². The van der Waals surface area contributed by atoms with Crippen molar-refractivity contribution in [2.75, 3.05) is 40.5 Å². The maximum Gasteiger partial charge on any atom is 0.326 e. The zero-order chi connectivity index (χ0) is 32.9. The quantitative estimate of drug-likeness (QED) is 0.210. The predicted octanol–water partition coefficient (Wildman–Crippen LogP) is 6.10. The van der Waals surface area contributed by atoms with E-state index in [0.29, 0.717) is 47.9 Å². The SMILES string of the molecule is CS(=O)(=O)Nc1ccc(Oc2ccc(CN3CCC(N(C(=O)Nc4ccc(F)cc4)c4ccc(S(C)(=O)=O)cc4)CC3)cc2)cc1. The molecule has 1 aliphatic heterocycles. The molecule has 1 fully saturated rings. The van der Waals surface area contributed by atoms with Crippen LogP contribution in [0.5, 0.6) is 11.5 Å². The average molecular weight is 667 g/mol. The Kier molecular flexibility index (Phi) is 9.94. The molecule has 1 heterocycles. The summed E-state index contributed by atoms with van der Waals surface area (Å²) in [6.45, 7) is 2.18. The van der Waals surface area contributed by atoms with Gasteiger partial charge in [0.05, 0.1) is 11.2 Å². The van der Waals surface area contributed by atoms with Gasteiger partial charge in [-0.05, 0) is 103 Å². The molecule has 0 radical (unpaired) electrons. The lowest BCUT2D eigenvalue weighted by molar-refractivity contribution is 0.199. The van der Waals surface area contributed by atoms with Crippen LogP contribution in [-0.2, 0) is 26.4 Å². The number of piperidine rings is 1. The molecule has 0 bridgehead atoms. The number of rotatable bonds is 10. The van der Waals surface area contributed by atoms with Gasteiger partial charge in [-0.15, -0.1) is 0 Å². The first kappa shape index (κ1) is 32.9. The molecule has 1 saturated heterocycles. The number of benzene rings is 4. The van der Waals surface area contributed by atoms with Crippen LogP contribution < -0.4 is 19.7 Å². The molecular formula is C33H35FN4O6S2. The van der Waals surface area contributed by atoms with Crippen LogP contribution in [0, 0.1) is 5.82 Å². The highest BCUT2D eigenvalue weighted by atomic mass is 32.2. The van der Waals surface area contributed by atoms with Gasteiger partial charge in [-0.2, -0.15) is 0 Å². The second-order valence-electron chi connectivity index (χ2n) is 11.2. The molecule has 13 heteroatoms. The fraction of sp³-hybridized carbons (Fsp3) is 0.242. The molecule has 1 aliphatic rings. The highest BCUT2D eigenvalue weighted by Gasteiger charge is 2.30. The van der Waals surface area contributed by atoms with Crippen LogP contribution in [0.2, 0.25) is 0 Å². The third-order valence-corrected chi connectivity index (χ3v) is 9.24. The lowest BCUT2D eigenvalue weighted by Gasteiger charge is -2.38. The molecule has 0 saturated carbocycles. The molecule has 10 nitrogen and oxygen atoms in total. The van der Waals surface area contributed by atoms with Crippen molar-refractivity contribution in [3.63, 3.8) is 0 Å². The number of hydrogen-bond acceptors (Lipinski definition) is 7. The Morgan fingerprint density at radius 2 is 1.35 bits per heavy atom. The van der Waals surface area contributed by atoms with Crippen molar-refractivity contribution in [1.82, 2.24) is 4.90 Å². The van der Waals surface area contributed by atoms with Crippen LogP contribution in [0.3, 0.4) is 0 Å². The maximum absolute atomic E-state index is 13.5. The largest absolute Gasteiger partial charge is 0.457 e. The van der Waals surface area contributed by atoms with Gasteiger partial charge >= 0.3 is 6.03 Å². The Balaban J connectivity index is 1.21.